The lowest BCUT2D eigenvalue weighted by Gasteiger charge is -2.09. The van der Waals surface area contributed by atoms with Crippen LogP contribution in [0.1, 0.15) is 17.3 Å². The van der Waals surface area contributed by atoms with Gasteiger partial charge in [-0.05, 0) is 36.4 Å². The highest BCUT2D eigenvalue weighted by Gasteiger charge is 2.14. The van der Waals surface area contributed by atoms with Crippen molar-refractivity contribution in [3.8, 4) is 5.75 Å². The zero-order valence-corrected chi connectivity index (χ0v) is 13.2. The number of hydrogen-bond acceptors (Lipinski definition) is 5. The third-order valence-corrected chi connectivity index (χ3v) is 3.80. The minimum Gasteiger partial charge on any atom is -0.506 e. The van der Waals surface area contributed by atoms with Crippen molar-refractivity contribution in [2.45, 2.75) is 11.8 Å². The summed E-state index contributed by atoms with van der Waals surface area (Å²) < 4.78 is 34.2. The lowest BCUT2D eigenvalue weighted by molar-refractivity contribution is -0.114. The molecule has 0 saturated heterocycles. The number of halogens is 1. The Morgan fingerprint density at radius 1 is 1.04 bits per heavy atom. The van der Waals surface area contributed by atoms with E-state index in [0.717, 1.165) is 24.3 Å². The molecule has 0 atom stereocenters. The molecule has 2 aromatic carbocycles. The zero-order valence-electron chi connectivity index (χ0n) is 12.4. The van der Waals surface area contributed by atoms with Crippen molar-refractivity contribution in [1.82, 2.24) is 0 Å². The summed E-state index contributed by atoms with van der Waals surface area (Å²) in [5.74, 6) is -1.20. The maximum Gasteiger partial charge on any atom is 0.332 e. The molecule has 0 radical (unpaired) electrons. The second-order valence-electron chi connectivity index (χ2n) is 4.83. The fraction of sp³-hybridized carbons (Fsp3) is 0.0667. The number of amides is 2. The first-order chi connectivity index (χ1) is 11.2. The Labute approximate surface area is 137 Å². The van der Waals surface area contributed by atoms with Crippen LogP contribution in [-0.4, -0.2) is 25.3 Å². The molecule has 0 fully saturated rings. The molecule has 0 heterocycles. The number of anilines is 2. The first-order valence-electron chi connectivity index (χ1n) is 6.63. The van der Waals surface area contributed by atoms with Crippen LogP contribution in [0.3, 0.4) is 0 Å². The van der Waals surface area contributed by atoms with E-state index in [4.69, 9.17) is 0 Å². The number of hydrogen-bond donors (Lipinski definition) is 3. The summed E-state index contributed by atoms with van der Waals surface area (Å²) in [6.45, 7) is 1.31. The smallest absolute Gasteiger partial charge is 0.332 e. The molecule has 24 heavy (non-hydrogen) atoms. The van der Waals surface area contributed by atoms with Gasteiger partial charge in [0.05, 0.1) is 10.6 Å². The van der Waals surface area contributed by atoms with Gasteiger partial charge in [0.1, 0.15) is 5.75 Å². The van der Waals surface area contributed by atoms with Gasteiger partial charge in [0.2, 0.25) is 5.91 Å². The monoisotopic (exact) mass is 352 g/mol. The SMILES string of the molecule is CC(=O)Nc1ccc(NC(=O)c2ccc(S(=O)(=O)F)cc2)c(O)c1. The standard InChI is InChI=1S/C15H13FN2O5S/c1-9(19)17-11-4-7-13(14(20)8-11)18-15(21)10-2-5-12(6-3-10)24(16,22)23/h2-8,20H,1H3,(H,17,19)(H,18,21). The van der Waals surface area contributed by atoms with Gasteiger partial charge in [0, 0.05) is 24.2 Å². The van der Waals surface area contributed by atoms with Gasteiger partial charge in [-0.1, -0.05) is 0 Å². The van der Waals surface area contributed by atoms with Crippen molar-refractivity contribution < 1.29 is 27.0 Å². The fourth-order valence-electron chi connectivity index (χ4n) is 1.88. The normalized spacial score (nSPS) is 10.9. The Bertz CT molecular complexity index is 895. The average molecular weight is 352 g/mol. The third-order valence-electron chi connectivity index (χ3n) is 2.96. The van der Waals surface area contributed by atoms with E-state index in [-0.39, 0.29) is 22.9 Å². The molecule has 2 amide bonds. The predicted octanol–water partition coefficient (Wildman–Crippen LogP) is 2.26. The van der Waals surface area contributed by atoms with E-state index in [0.29, 0.717) is 5.69 Å². The Kier molecular flexibility index (Phi) is 4.84. The van der Waals surface area contributed by atoms with Crippen molar-refractivity contribution >= 4 is 33.4 Å². The second-order valence-corrected chi connectivity index (χ2v) is 6.18. The number of phenolic OH excluding ortho intramolecular Hbond substituents is 1. The van der Waals surface area contributed by atoms with E-state index >= 15 is 0 Å². The van der Waals surface area contributed by atoms with Crippen LogP contribution in [0.25, 0.3) is 0 Å². The number of carbonyl (C=O) groups is 2. The van der Waals surface area contributed by atoms with E-state index in [9.17, 15) is 27.0 Å². The Balaban J connectivity index is 2.16. The van der Waals surface area contributed by atoms with Gasteiger partial charge in [-0.25, -0.2) is 0 Å². The first kappa shape index (κ1) is 17.4. The summed E-state index contributed by atoms with van der Waals surface area (Å²) in [5.41, 5.74) is 0.527. The number of carbonyl (C=O) groups excluding carboxylic acids is 2. The Morgan fingerprint density at radius 3 is 2.17 bits per heavy atom. The molecular formula is C15H13FN2O5S. The van der Waals surface area contributed by atoms with Crippen molar-refractivity contribution in [3.05, 3.63) is 48.0 Å². The van der Waals surface area contributed by atoms with Crippen LogP contribution < -0.4 is 10.6 Å². The summed E-state index contributed by atoms with van der Waals surface area (Å²) >= 11 is 0. The van der Waals surface area contributed by atoms with Crippen molar-refractivity contribution in [3.63, 3.8) is 0 Å². The number of benzene rings is 2. The number of rotatable bonds is 4. The molecule has 0 unspecified atom stereocenters. The summed E-state index contributed by atoms with van der Waals surface area (Å²) in [6.07, 6.45) is 0. The lowest BCUT2D eigenvalue weighted by atomic mass is 10.2. The molecule has 0 aliphatic carbocycles. The van der Waals surface area contributed by atoms with Crippen LogP contribution >= 0.6 is 0 Å². The quantitative estimate of drug-likeness (QED) is 0.577. The summed E-state index contributed by atoms with van der Waals surface area (Å²) in [5, 5.41) is 14.8. The highest BCUT2D eigenvalue weighted by Crippen LogP contribution is 2.27. The molecule has 0 bridgehead atoms. The molecule has 2 aromatic rings. The molecule has 126 valence electrons. The van der Waals surface area contributed by atoms with Crippen LogP contribution in [0.15, 0.2) is 47.4 Å². The molecule has 0 aliphatic heterocycles. The maximum atomic E-state index is 12.8. The van der Waals surface area contributed by atoms with Crippen LogP contribution in [0.5, 0.6) is 5.75 Å². The summed E-state index contributed by atoms with van der Waals surface area (Å²) in [7, 11) is -4.83. The molecule has 3 N–H and O–H groups in total. The van der Waals surface area contributed by atoms with Gasteiger partial charge in [0.25, 0.3) is 5.91 Å². The molecule has 0 aromatic heterocycles. The van der Waals surface area contributed by atoms with Gasteiger partial charge in [0.15, 0.2) is 0 Å². The van der Waals surface area contributed by atoms with E-state index in [1.54, 1.807) is 0 Å². The summed E-state index contributed by atoms with van der Waals surface area (Å²) in [4.78, 5) is 22.4. The Morgan fingerprint density at radius 2 is 1.67 bits per heavy atom. The highest BCUT2D eigenvalue weighted by atomic mass is 32.3. The van der Waals surface area contributed by atoms with E-state index in [2.05, 4.69) is 10.6 Å². The van der Waals surface area contributed by atoms with Gasteiger partial charge >= 0.3 is 10.2 Å². The lowest BCUT2D eigenvalue weighted by Crippen LogP contribution is -2.12. The predicted molar refractivity (Wildman–Crippen MR) is 85.1 cm³/mol. The number of nitrogens with one attached hydrogen (secondary N) is 2. The molecule has 0 aliphatic rings. The molecule has 7 nitrogen and oxygen atoms in total. The maximum absolute atomic E-state index is 12.8. The van der Waals surface area contributed by atoms with Crippen LogP contribution in [0.4, 0.5) is 15.3 Å². The molecular weight excluding hydrogens is 339 g/mol. The minimum atomic E-state index is -4.83. The van der Waals surface area contributed by atoms with Crippen LogP contribution in [0.2, 0.25) is 0 Å². The van der Waals surface area contributed by atoms with E-state index in [1.165, 1.54) is 25.1 Å². The summed E-state index contributed by atoms with van der Waals surface area (Å²) in [6, 6.07) is 8.34. The fourth-order valence-corrected chi connectivity index (χ4v) is 2.34. The molecule has 9 heteroatoms. The number of phenols is 1. The third kappa shape index (κ3) is 4.29. The molecule has 0 saturated carbocycles. The molecule has 2 rings (SSSR count). The number of aromatic hydroxyl groups is 1. The zero-order chi connectivity index (χ0) is 17.9. The van der Waals surface area contributed by atoms with E-state index in [1.807, 2.05) is 0 Å². The average Bonchev–Trinajstić information content (AvgIpc) is 2.48. The second kappa shape index (κ2) is 6.67. The minimum absolute atomic E-state index is 0.0766. The van der Waals surface area contributed by atoms with Gasteiger partial charge < -0.3 is 15.7 Å². The largest absolute Gasteiger partial charge is 0.506 e. The van der Waals surface area contributed by atoms with Crippen LogP contribution in [0, 0.1) is 0 Å². The molecule has 0 spiro atoms. The van der Waals surface area contributed by atoms with Crippen molar-refractivity contribution in [1.29, 1.82) is 0 Å². The Hall–Kier alpha value is -2.94. The van der Waals surface area contributed by atoms with Gasteiger partial charge in [-0.15, -0.1) is 3.89 Å². The van der Waals surface area contributed by atoms with Crippen molar-refractivity contribution in [2.24, 2.45) is 0 Å². The van der Waals surface area contributed by atoms with E-state index < -0.39 is 21.0 Å². The van der Waals surface area contributed by atoms with Crippen LogP contribution in [-0.2, 0) is 15.0 Å². The van der Waals surface area contributed by atoms with Gasteiger partial charge in [-0.3, -0.25) is 9.59 Å². The highest BCUT2D eigenvalue weighted by molar-refractivity contribution is 7.86. The van der Waals surface area contributed by atoms with Crippen molar-refractivity contribution in [2.75, 3.05) is 10.6 Å². The van der Waals surface area contributed by atoms with Gasteiger partial charge in [-0.2, -0.15) is 8.42 Å². The topological polar surface area (TPSA) is 113 Å². The first-order valence-corrected chi connectivity index (χ1v) is 8.02.